The molecule has 1 saturated carbocycles. The molecule has 2 aromatic rings. The van der Waals surface area contributed by atoms with Crippen molar-refractivity contribution in [3.8, 4) is 5.75 Å². The van der Waals surface area contributed by atoms with E-state index < -0.39 is 0 Å². The fourth-order valence-corrected chi connectivity index (χ4v) is 6.97. The van der Waals surface area contributed by atoms with Gasteiger partial charge in [-0.25, -0.2) is 4.79 Å². The molecule has 220 valence electrons. The number of amides is 1. The van der Waals surface area contributed by atoms with Gasteiger partial charge in [0, 0.05) is 24.5 Å². The van der Waals surface area contributed by atoms with Crippen LogP contribution in [-0.2, 0) is 23.7 Å². The van der Waals surface area contributed by atoms with Gasteiger partial charge in [0.2, 0.25) is 0 Å². The molecule has 10 heteroatoms. The van der Waals surface area contributed by atoms with Gasteiger partial charge < -0.3 is 29.0 Å². The Labute approximate surface area is 244 Å². The summed E-state index contributed by atoms with van der Waals surface area (Å²) >= 11 is 0. The standard InChI is InChI=1S/C30H41NO7S2/c1-21(23-7-8-25-18-26(34-3)10-9-24(25)17-23)28(32)35-13-15-39-40-16-14-36-29(33)31-20-30(11-5-4-6-12-30)19-27-37-22(2)38-27/h7-10,17-18,21-22,27H,4-6,11-16,19-20H2,1-3H3,(H,31,33)/t21-,22?,27?/m1/s1. The number of hydrogen-bond donors (Lipinski definition) is 1. The van der Waals surface area contributed by atoms with Gasteiger partial charge in [-0.1, -0.05) is 65.1 Å². The number of carbonyl (C=O) groups excluding carboxylic acids is 2. The molecule has 1 saturated heterocycles. The molecule has 0 radical (unpaired) electrons. The van der Waals surface area contributed by atoms with Crippen LogP contribution in [-0.4, -0.2) is 63.0 Å². The van der Waals surface area contributed by atoms with Gasteiger partial charge in [0.1, 0.15) is 19.0 Å². The monoisotopic (exact) mass is 591 g/mol. The molecule has 40 heavy (non-hydrogen) atoms. The fraction of sp³-hybridized carbons (Fsp3) is 0.600. The Morgan fingerprint density at radius 1 is 1.00 bits per heavy atom. The number of benzene rings is 2. The van der Waals surface area contributed by atoms with E-state index in [0.717, 1.165) is 41.3 Å². The van der Waals surface area contributed by atoms with Gasteiger partial charge in [0.15, 0.2) is 12.6 Å². The summed E-state index contributed by atoms with van der Waals surface area (Å²) in [7, 11) is 4.84. The van der Waals surface area contributed by atoms with Gasteiger partial charge in [-0.15, -0.1) is 0 Å². The molecule has 1 N–H and O–H groups in total. The Balaban J connectivity index is 1.06. The van der Waals surface area contributed by atoms with E-state index in [4.69, 9.17) is 23.7 Å². The molecular weight excluding hydrogens is 550 g/mol. The van der Waals surface area contributed by atoms with E-state index in [1.54, 1.807) is 28.7 Å². The van der Waals surface area contributed by atoms with Gasteiger partial charge >= 0.3 is 12.1 Å². The number of methoxy groups -OCH3 is 1. The van der Waals surface area contributed by atoms with Crippen LogP contribution in [0.5, 0.6) is 5.75 Å². The third-order valence-corrected chi connectivity index (χ3v) is 9.96. The van der Waals surface area contributed by atoms with Crippen molar-refractivity contribution >= 4 is 44.4 Å². The number of alkyl carbamates (subject to hydrolysis) is 1. The number of nitrogens with one attached hydrogen (secondary N) is 1. The maximum atomic E-state index is 12.5. The van der Waals surface area contributed by atoms with Gasteiger partial charge in [-0.3, -0.25) is 4.79 Å². The largest absolute Gasteiger partial charge is 0.497 e. The van der Waals surface area contributed by atoms with Gasteiger partial charge in [-0.05, 0) is 60.6 Å². The van der Waals surface area contributed by atoms with E-state index in [0.29, 0.717) is 31.3 Å². The fourth-order valence-electron chi connectivity index (χ4n) is 5.32. The lowest BCUT2D eigenvalue weighted by Gasteiger charge is -2.43. The molecule has 0 spiro atoms. The van der Waals surface area contributed by atoms with E-state index in [9.17, 15) is 9.59 Å². The van der Waals surface area contributed by atoms with Crippen LogP contribution in [0.4, 0.5) is 4.79 Å². The molecular formula is C30H41NO7S2. The molecule has 0 unspecified atom stereocenters. The second-order valence-corrected chi connectivity index (χ2v) is 13.2. The molecule has 0 bridgehead atoms. The first-order valence-electron chi connectivity index (χ1n) is 14.1. The van der Waals surface area contributed by atoms with Crippen molar-refractivity contribution in [2.24, 2.45) is 5.41 Å². The van der Waals surface area contributed by atoms with E-state index in [2.05, 4.69) is 5.32 Å². The molecule has 1 heterocycles. The molecule has 0 aromatic heterocycles. The average molecular weight is 592 g/mol. The van der Waals surface area contributed by atoms with E-state index in [1.165, 1.54) is 19.3 Å². The zero-order valence-corrected chi connectivity index (χ0v) is 25.3. The highest BCUT2D eigenvalue weighted by atomic mass is 33.1. The molecule has 1 aliphatic carbocycles. The number of fused-ring (bicyclic) bond motifs is 1. The smallest absolute Gasteiger partial charge is 0.407 e. The third-order valence-electron chi connectivity index (χ3n) is 7.63. The topological polar surface area (TPSA) is 92.3 Å². The molecule has 2 fully saturated rings. The Morgan fingerprint density at radius 3 is 2.38 bits per heavy atom. The number of rotatable bonds is 14. The van der Waals surface area contributed by atoms with E-state index in [1.807, 2.05) is 50.2 Å². The lowest BCUT2D eigenvalue weighted by Crippen LogP contribution is -2.47. The molecule has 1 aliphatic heterocycles. The quantitative estimate of drug-likeness (QED) is 0.147. The maximum absolute atomic E-state index is 12.5. The van der Waals surface area contributed by atoms with Crippen molar-refractivity contribution in [3.63, 3.8) is 0 Å². The Bertz CT molecular complexity index is 1120. The molecule has 2 aliphatic rings. The zero-order chi connectivity index (χ0) is 28.4. The maximum Gasteiger partial charge on any atom is 0.407 e. The van der Waals surface area contributed by atoms with Crippen LogP contribution in [0.2, 0.25) is 0 Å². The van der Waals surface area contributed by atoms with Crippen molar-refractivity contribution in [3.05, 3.63) is 42.0 Å². The summed E-state index contributed by atoms with van der Waals surface area (Å²) in [6, 6.07) is 11.9. The summed E-state index contributed by atoms with van der Waals surface area (Å²) in [5.41, 5.74) is 0.943. The van der Waals surface area contributed by atoms with Gasteiger partial charge in [0.05, 0.1) is 13.0 Å². The number of esters is 1. The number of ether oxygens (including phenoxy) is 5. The summed E-state index contributed by atoms with van der Waals surface area (Å²) in [4.78, 5) is 24.8. The summed E-state index contributed by atoms with van der Waals surface area (Å²) < 4.78 is 27.4. The molecule has 1 amide bonds. The SMILES string of the molecule is COc1ccc2cc([C@@H](C)C(=O)OCCSSCCOC(=O)NCC3(CC4OC(C)O4)CCCCC3)ccc2c1. The minimum atomic E-state index is -0.380. The minimum Gasteiger partial charge on any atom is -0.497 e. The highest BCUT2D eigenvalue weighted by Gasteiger charge is 2.39. The predicted molar refractivity (Wildman–Crippen MR) is 160 cm³/mol. The zero-order valence-electron chi connectivity index (χ0n) is 23.6. The molecule has 1 atom stereocenters. The third kappa shape index (κ3) is 8.93. The van der Waals surface area contributed by atoms with E-state index in [-0.39, 0.29) is 36.0 Å². The van der Waals surface area contributed by atoms with Crippen molar-refractivity contribution < 1.29 is 33.3 Å². The van der Waals surface area contributed by atoms with E-state index >= 15 is 0 Å². The van der Waals surface area contributed by atoms with Crippen molar-refractivity contribution in [2.75, 3.05) is 38.4 Å². The predicted octanol–water partition coefficient (Wildman–Crippen LogP) is 6.66. The van der Waals surface area contributed by atoms with Crippen LogP contribution in [0.1, 0.15) is 63.9 Å². The van der Waals surface area contributed by atoms with Crippen LogP contribution >= 0.6 is 21.6 Å². The second-order valence-electron chi connectivity index (χ2n) is 10.5. The minimum absolute atomic E-state index is 0.0179. The molecule has 8 nitrogen and oxygen atoms in total. The van der Waals surface area contributed by atoms with Crippen molar-refractivity contribution in [1.29, 1.82) is 0 Å². The second kappa shape index (κ2) is 15.2. The van der Waals surface area contributed by atoms with Crippen LogP contribution in [0.15, 0.2) is 36.4 Å². The highest BCUT2D eigenvalue weighted by Crippen LogP contribution is 2.42. The first-order chi connectivity index (χ1) is 19.4. The van der Waals surface area contributed by atoms with Crippen molar-refractivity contribution in [1.82, 2.24) is 5.32 Å². The Kier molecular flexibility index (Phi) is 11.7. The average Bonchev–Trinajstić information content (AvgIpc) is 2.96. The molecule has 4 rings (SSSR count). The summed E-state index contributed by atoms with van der Waals surface area (Å²) in [5.74, 6) is 1.55. The summed E-state index contributed by atoms with van der Waals surface area (Å²) in [6.07, 6.45) is 5.85. The first-order valence-corrected chi connectivity index (χ1v) is 16.6. The highest BCUT2D eigenvalue weighted by molar-refractivity contribution is 8.76. The normalized spacial score (nSPS) is 20.8. The lowest BCUT2D eigenvalue weighted by atomic mass is 9.71. The Hall–Kier alpha value is -2.14. The molecule has 2 aromatic carbocycles. The number of carbonyl (C=O) groups is 2. The van der Waals surface area contributed by atoms with Crippen LogP contribution < -0.4 is 10.1 Å². The number of hydrogen-bond acceptors (Lipinski definition) is 9. The summed E-state index contributed by atoms with van der Waals surface area (Å²) in [6.45, 7) is 5.01. The van der Waals surface area contributed by atoms with Crippen molar-refractivity contribution in [2.45, 2.75) is 70.9 Å². The van der Waals surface area contributed by atoms with Crippen LogP contribution in [0.25, 0.3) is 10.8 Å². The van der Waals surface area contributed by atoms with Gasteiger partial charge in [0.25, 0.3) is 0 Å². The van der Waals surface area contributed by atoms with Gasteiger partial charge in [-0.2, -0.15) is 0 Å². The first kappa shape index (κ1) is 30.8. The van der Waals surface area contributed by atoms with Crippen LogP contribution in [0, 0.1) is 5.41 Å². The lowest BCUT2D eigenvalue weighted by molar-refractivity contribution is -0.383. The summed E-state index contributed by atoms with van der Waals surface area (Å²) in [5, 5.41) is 5.09. The Morgan fingerprint density at radius 2 is 1.68 bits per heavy atom. The van der Waals surface area contributed by atoms with Crippen LogP contribution in [0.3, 0.4) is 0 Å².